The van der Waals surface area contributed by atoms with E-state index in [2.05, 4.69) is 4.98 Å². The van der Waals surface area contributed by atoms with E-state index in [0.717, 1.165) is 17.1 Å². The quantitative estimate of drug-likeness (QED) is 0.592. The Morgan fingerprint density at radius 3 is 2.61 bits per heavy atom. The molecule has 1 N–H and O–H groups in total. The summed E-state index contributed by atoms with van der Waals surface area (Å²) in [6, 6.07) is 7.38. The van der Waals surface area contributed by atoms with Gasteiger partial charge in [-0.15, -0.1) is 0 Å². The number of nitrogens with zero attached hydrogens (tertiary/aromatic N) is 1. The lowest BCUT2D eigenvalue weighted by atomic mass is 10.1. The second-order valence-corrected chi connectivity index (χ2v) is 4.26. The molecule has 3 rings (SSSR count). The third-order valence-electron chi connectivity index (χ3n) is 3.07. The Labute approximate surface area is 101 Å². The molecule has 0 unspecified atom stereocenters. The van der Waals surface area contributed by atoms with Crippen molar-refractivity contribution >= 4 is 21.9 Å². The smallest absolute Gasteiger partial charge is 0.240 e. The van der Waals surface area contributed by atoms with Gasteiger partial charge in [0, 0.05) is 5.39 Å². The summed E-state index contributed by atoms with van der Waals surface area (Å²) >= 11 is 0. The minimum atomic E-state index is -4.31. The number of hydrogen-bond donors (Lipinski definition) is 1. The molecule has 0 aliphatic heterocycles. The average Bonchev–Trinajstić information content (AvgIpc) is 2.67. The molecule has 0 bridgehead atoms. The van der Waals surface area contributed by atoms with E-state index in [9.17, 15) is 13.2 Å². The monoisotopic (exact) mass is 251 g/mol. The van der Waals surface area contributed by atoms with Gasteiger partial charge in [0.2, 0.25) is 0 Å². The molecule has 0 amide bonds. The summed E-state index contributed by atoms with van der Waals surface area (Å²) in [4.78, 5) is 3.12. The minimum absolute atomic E-state index is 0.594. The van der Waals surface area contributed by atoms with Gasteiger partial charge in [-0.05, 0) is 30.3 Å². The fraction of sp³-hybridized carbons (Fsp3) is 0.154. The first-order valence-corrected chi connectivity index (χ1v) is 5.44. The SMILES string of the molecule is C[n+]1cccc2c3cc(C(F)(F)F)ccc3[nH]c21. The van der Waals surface area contributed by atoms with Crippen molar-refractivity contribution < 1.29 is 17.7 Å². The molecule has 0 fully saturated rings. The highest BCUT2D eigenvalue weighted by molar-refractivity contribution is 6.04. The first-order chi connectivity index (χ1) is 8.47. The molecule has 0 atom stereocenters. The Bertz CT molecular complexity index is 741. The maximum absolute atomic E-state index is 12.7. The van der Waals surface area contributed by atoms with Crippen LogP contribution in [0.3, 0.4) is 0 Å². The molecule has 5 heteroatoms. The van der Waals surface area contributed by atoms with Crippen molar-refractivity contribution in [1.82, 2.24) is 4.98 Å². The molecule has 0 saturated heterocycles. The number of alkyl halides is 3. The fourth-order valence-corrected chi connectivity index (χ4v) is 2.16. The zero-order valence-electron chi connectivity index (χ0n) is 9.55. The zero-order valence-corrected chi connectivity index (χ0v) is 9.55. The van der Waals surface area contributed by atoms with Crippen LogP contribution in [0.15, 0.2) is 36.5 Å². The molecule has 0 saturated carbocycles. The Balaban J connectivity index is 2.40. The van der Waals surface area contributed by atoms with Crippen LogP contribution in [0.5, 0.6) is 0 Å². The molecule has 3 aromatic rings. The third kappa shape index (κ3) is 1.54. The Kier molecular flexibility index (Phi) is 2.14. The van der Waals surface area contributed by atoms with Crippen LogP contribution in [-0.4, -0.2) is 4.98 Å². The van der Waals surface area contributed by atoms with Crippen molar-refractivity contribution in [2.24, 2.45) is 7.05 Å². The van der Waals surface area contributed by atoms with Crippen molar-refractivity contribution in [3.63, 3.8) is 0 Å². The molecule has 18 heavy (non-hydrogen) atoms. The minimum Gasteiger partial charge on any atom is -0.240 e. The highest BCUT2D eigenvalue weighted by Gasteiger charge is 2.31. The molecule has 0 aliphatic carbocycles. The second-order valence-electron chi connectivity index (χ2n) is 4.26. The van der Waals surface area contributed by atoms with Gasteiger partial charge in [0.15, 0.2) is 0 Å². The van der Waals surface area contributed by atoms with Gasteiger partial charge in [-0.3, -0.25) is 0 Å². The van der Waals surface area contributed by atoms with E-state index < -0.39 is 11.7 Å². The van der Waals surface area contributed by atoms with Crippen LogP contribution >= 0.6 is 0 Å². The van der Waals surface area contributed by atoms with Crippen molar-refractivity contribution in [2.75, 3.05) is 0 Å². The van der Waals surface area contributed by atoms with Crippen LogP contribution in [0.4, 0.5) is 13.2 Å². The summed E-state index contributed by atoms with van der Waals surface area (Å²) < 4.78 is 39.9. The number of benzene rings is 1. The average molecular weight is 251 g/mol. The van der Waals surface area contributed by atoms with E-state index in [4.69, 9.17) is 0 Å². The van der Waals surface area contributed by atoms with Gasteiger partial charge in [0.25, 0.3) is 5.65 Å². The molecular weight excluding hydrogens is 241 g/mol. The van der Waals surface area contributed by atoms with Crippen molar-refractivity contribution in [3.05, 3.63) is 42.1 Å². The predicted molar refractivity (Wildman–Crippen MR) is 62.0 cm³/mol. The maximum Gasteiger partial charge on any atom is 0.416 e. The van der Waals surface area contributed by atoms with E-state index in [-0.39, 0.29) is 0 Å². The maximum atomic E-state index is 12.7. The van der Waals surface area contributed by atoms with Crippen molar-refractivity contribution in [1.29, 1.82) is 0 Å². The summed E-state index contributed by atoms with van der Waals surface area (Å²) in [6.45, 7) is 0. The van der Waals surface area contributed by atoms with E-state index in [1.165, 1.54) is 12.1 Å². The number of rotatable bonds is 0. The number of nitrogens with one attached hydrogen (secondary N) is 1. The number of pyridine rings is 1. The van der Waals surface area contributed by atoms with E-state index in [1.807, 2.05) is 29.9 Å². The summed E-state index contributed by atoms with van der Waals surface area (Å²) in [5.41, 5.74) is 0.897. The normalized spacial score (nSPS) is 12.4. The number of aromatic amines is 1. The van der Waals surface area contributed by atoms with Gasteiger partial charge in [0.1, 0.15) is 5.52 Å². The van der Waals surface area contributed by atoms with E-state index in [1.54, 1.807) is 0 Å². The molecule has 1 aromatic carbocycles. The topological polar surface area (TPSA) is 19.7 Å². The van der Waals surface area contributed by atoms with Crippen LogP contribution in [0.2, 0.25) is 0 Å². The van der Waals surface area contributed by atoms with Crippen LogP contribution < -0.4 is 4.57 Å². The summed E-state index contributed by atoms with van der Waals surface area (Å²) in [7, 11) is 1.85. The molecule has 2 aromatic heterocycles. The number of aryl methyl sites for hydroxylation is 1. The molecule has 2 heterocycles. The molecule has 2 nitrogen and oxygen atoms in total. The van der Waals surface area contributed by atoms with Gasteiger partial charge < -0.3 is 0 Å². The standard InChI is InChI=1S/C13H9F3N2/c1-18-6-2-3-9-10-7-8(13(14,15)16)4-5-11(10)17-12(9)18/h2-7H,1H3/p+1. The Morgan fingerprint density at radius 2 is 1.89 bits per heavy atom. The first kappa shape index (κ1) is 11.1. The molecule has 0 spiro atoms. The van der Waals surface area contributed by atoms with Gasteiger partial charge in [0.05, 0.1) is 24.2 Å². The molecule has 92 valence electrons. The lowest BCUT2D eigenvalue weighted by molar-refractivity contribution is -0.646. The van der Waals surface area contributed by atoms with E-state index >= 15 is 0 Å². The first-order valence-electron chi connectivity index (χ1n) is 5.44. The van der Waals surface area contributed by atoms with Gasteiger partial charge in [-0.1, -0.05) is 0 Å². The lowest BCUT2D eigenvalue weighted by Crippen LogP contribution is -2.27. The van der Waals surface area contributed by atoms with E-state index in [0.29, 0.717) is 10.9 Å². The largest absolute Gasteiger partial charge is 0.416 e. The number of fused-ring (bicyclic) bond motifs is 3. The van der Waals surface area contributed by atoms with Crippen LogP contribution in [0, 0.1) is 0 Å². The highest BCUT2D eigenvalue weighted by atomic mass is 19.4. The molecule has 0 aliphatic rings. The Hall–Kier alpha value is -2.04. The third-order valence-corrected chi connectivity index (χ3v) is 3.07. The second kappa shape index (κ2) is 3.48. The van der Waals surface area contributed by atoms with Crippen LogP contribution in [-0.2, 0) is 13.2 Å². The number of H-pyrrole nitrogens is 1. The lowest BCUT2D eigenvalue weighted by Gasteiger charge is -2.05. The predicted octanol–water partition coefficient (Wildman–Crippen LogP) is 3.16. The van der Waals surface area contributed by atoms with Gasteiger partial charge in [-0.2, -0.15) is 13.2 Å². The zero-order chi connectivity index (χ0) is 12.9. The van der Waals surface area contributed by atoms with Gasteiger partial charge in [-0.25, -0.2) is 9.55 Å². The van der Waals surface area contributed by atoms with Gasteiger partial charge >= 0.3 is 6.18 Å². The number of aromatic nitrogens is 2. The Morgan fingerprint density at radius 1 is 1.11 bits per heavy atom. The highest BCUT2D eigenvalue weighted by Crippen LogP contribution is 2.33. The summed E-state index contributed by atoms with van der Waals surface area (Å²) in [6.07, 6.45) is -2.46. The van der Waals surface area contributed by atoms with Crippen LogP contribution in [0.25, 0.3) is 21.9 Å². The van der Waals surface area contributed by atoms with Crippen molar-refractivity contribution in [3.8, 4) is 0 Å². The fourth-order valence-electron chi connectivity index (χ4n) is 2.16. The summed E-state index contributed by atoms with van der Waals surface area (Å²) in [5, 5.41) is 1.39. The van der Waals surface area contributed by atoms with Crippen LogP contribution in [0.1, 0.15) is 5.56 Å². The van der Waals surface area contributed by atoms with Crippen molar-refractivity contribution in [2.45, 2.75) is 6.18 Å². The molecular formula is C13H10F3N2+. The summed E-state index contributed by atoms with van der Waals surface area (Å²) in [5.74, 6) is 0. The number of halogens is 3. The molecule has 0 radical (unpaired) electrons. The number of hydrogen-bond acceptors (Lipinski definition) is 0.